The van der Waals surface area contributed by atoms with Crippen molar-refractivity contribution in [1.29, 1.82) is 0 Å². The third-order valence-electron chi connectivity index (χ3n) is 5.30. The quantitative estimate of drug-likeness (QED) is 0.688. The van der Waals surface area contributed by atoms with Crippen molar-refractivity contribution in [2.24, 2.45) is 0 Å². The Morgan fingerprint density at radius 3 is 2.52 bits per heavy atom. The molecule has 3 aromatic rings. The van der Waals surface area contributed by atoms with Crippen LogP contribution in [-0.2, 0) is 6.54 Å². The highest BCUT2D eigenvalue weighted by molar-refractivity contribution is 6.30. The van der Waals surface area contributed by atoms with Gasteiger partial charge in [-0.15, -0.1) is 0 Å². The highest BCUT2D eigenvalue weighted by Gasteiger charge is 2.21. The standard InChI is InChI=1S/C23H24ClN3O2/c1-29-22-8-7-18-13-17(5-6-19(18)14-22)16-25-23(28)27-11-9-26(10-12-27)21-4-2-3-20(24)15-21/h2-8,13-15H,9-12,16H2,1H3,(H,25,28). The van der Waals surface area contributed by atoms with Gasteiger partial charge >= 0.3 is 6.03 Å². The van der Waals surface area contributed by atoms with E-state index < -0.39 is 0 Å². The maximum Gasteiger partial charge on any atom is 0.317 e. The zero-order valence-electron chi connectivity index (χ0n) is 16.4. The molecule has 2 amide bonds. The average Bonchev–Trinajstić information content (AvgIpc) is 2.77. The lowest BCUT2D eigenvalue weighted by molar-refractivity contribution is 0.194. The predicted molar refractivity (Wildman–Crippen MR) is 118 cm³/mol. The number of amides is 2. The number of urea groups is 1. The van der Waals surface area contributed by atoms with Crippen LogP contribution in [0.3, 0.4) is 0 Å². The van der Waals surface area contributed by atoms with E-state index in [4.69, 9.17) is 16.3 Å². The minimum Gasteiger partial charge on any atom is -0.497 e. The Morgan fingerprint density at radius 2 is 1.76 bits per heavy atom. The Morgan fingerprint density at radius 1 is 1.00 bits per heavy atom. The van der Waals surface area contributed by atoms with Gasteiger partial charge in [0, 0.05) is 43.4 Å². The van der Waals surface area contributed by atoms with E-state index in [1.165, 1.54) is 0 Å². The number of methoxy groups -OCH3 is 1. The van der Waals surface area contributed by atoms with E-state index >= 15 is 0 Å². The monoisotopic (exact) mass is 409 g/mol. The maximum absolute atomic E-state index is 12.6. The van der Waals surface area contributed by atoms with Crippen molar-refractivity contribution in [2.45, 2.75) is 6.54 Å². The number of hydrogen-bond donors (Lipinski definition) is 1. The van der Waals surface area contributed by atoms with Crippen LogP contribution in [0, 0.1) is 0 Å². The Kier molecular flexibility index (Phi) is 5.76. The van der Waals surface area contributed by atoms with Crippen LogP contribution in [0.25, 0.3) is 10.8 Å². The predicted octanol–water partition coefficient (Wildman–Crippen LogP) is 4.53. The summed E-state index contributed by atoms with van der Waals surface area (Å²) in [5.74, 6) is 0.843. The number of nitrogens with one attached hydrogen (secondary N) is 1. The summed E-state index contributed by atoms with van der Waals surface area (Å²) in [6.45, 7) is 3.48. The number of carbonyl (C=O) groups excluding carboxylic acids is 1. The van der Waals surface area contributed by atoms with Gasteiger partial charge in [0.15, 0.2) is 0 Å². The molecule has 1 aliphatic rings. The van der Waals surface area contributed by atoms with Crippen molar-refractivity contribution in [3.8, 4) is 5.75 Å². The molecule has 29 heavy (non-hydrogen) atoms. The molecule has 0 spiro atoms. The number of piperazine rings is 1. The number of benzene rings is 3. The zero-order valence-corrected chi connectivity index (χ0v) is 17.2. The average molecular weight is 410 g/mol. The first-order chi connectivity index (χ1) is 14.1. The minimum atomic E-state index is -0.0226. The molecule has 1 saturated heterocycles. The van der Waals surface area contributed by atoms with Crippen LogP contribution in [0.1, 0.15) is 5.56 Å². The van der Waals surface area contributed by atoms with E-state index in [1.54, 1.807) is 7.11 Å². The smallest absolute Gasteiger partial charge is 0.317 e. The van der Waals surface area contributed by atoms with Gasteiger partial charge in [-0.05, 0) is 52.7 Å². The fraction of sp³-hybridized carbons (Fsp3) is 0.261. The number of nitrogens with zero attached hydrogens (tertiary/aromatic N) is 2. The second-order valence-electron chi connectivity index (χ2n) is 7.16. The molecule has 6 heteroatoms. The highest BCUT2D eigenvalue weighted by atomic mass is 35.5. The number of rotatable bonds is 4. The summed E-state index contributed by atoms with van der Waals surface area (Å²) in [5.41, 5.74) is 2.18. The van der Waals surface area contributed by atoms with Crippen LogP contribution in [0.15, 0.2) is 60.7 Å². The lowest BCUT2D eigenvalue weighted by atomic mass is 10.1. The zero-order chi connectivity index (χ0) is 20.2. The van der Waals surface area contributed by atoms with E-state index in [1.807, 2.05) is 47.4 Å². The normalized spacial score (nSPS) is 14.1. The van der Waals surface area contributed by atoms with Crippen LogP contribution >= 0.6 is 11.6 Å². The van der Waals surface area contributed by atoms with Crippen LogP contribution in [0.4, 0.5) is 10.5 Å². The Hall–Kier alpha value is -2.92. The molecule has 0 aromatic heterocycles. The molecule has 4 rings (SSSR count). The molecule has 0 unspecified atom stereocenters. The molecule has 1 fully saturated rings. The van der Waals surface area contributed by atoms with Gasteiger partial charge in [0.1, 0.15) is 5.75 Å². The minimum absolute atomic E-state index is 0.0226. The first-order valence-corrected chi connectivity index (χ1v) is 10.1. The van der Waals surface area contributed by atoms with Crippen molar-refractivity contribution in [1.82, 2.24) is 10.2 Å². The summed E-state index contributed by atoms with van der Waals surface area (Å²) in [6, 6.07) is 20.0. The van der Waals surface area contributed by atoms with E-state index in [-0.39, 0.29) is 6.03 Å². The third kappa shape index (κ3) is 4.57. The summed E-state index contributed by atoms with van der Waals surface area (Å²) in [7, 11) is 1.67. The third-order valence-corrected chi connectivity index (χ3v) is 5.53. The van der Waals surface area contributed by atoms with Gasteiger partial charge in [-0.3, -0.25) is 0 Å². The lowest BCUT2D eigenvalue weighted by Gasteiger charge is -2.36. The van der Waals surface area contributed by atoms with Gasteiger partial charge in [-0.2, -0.15) is 0 Å². The molecule has 1 aliphatic heterocycles. The highest BCUT2D eigenvalue weighted by Crippen LogP contribution is 2.22. The summed E-state index contributed by atoms with van der Waals surface area (Å²) in [6.07, 6.45) is 0. The lowest BCUT2D eigenvalue weighted by Crippen LogP contribution is -2.51. The Balaban J connectivity index is 1.31. The molecular formula is C23H24ClN3O2. The van der Waals surface area contributed by atoms with Crippen LogP contribution in [0.2, 0.25) is 5.02 Å². The first kappa shape index (κ1) is 19.4. The van der Waals surface area contributed by atoms with Gasteiger partial charge < -0.3 is 19.9 Å². The Bertz CT molecular complexity index is 1020. The molecule has 3 aromatic carbocycles. The topological polar surface area (TPSA) is 44.8 Å². The van der Waals surface area contributed by atoms with Crippen molar-refractivity contribution in [3.63, 3.8) is 0 Å². The van der Waals surface area contributed by atoms with Crippen molar-refractivity contribution in [2.75, 3.05) is 38.2 Å². The van der Waals surface area contributed by atoms with E-state index in [9.17, 15) is 4.79 Å². The largest absolute Gasteiger partial charge is 0.497 e. The van der Waals surface area contributed by atoms with Crippen LogP contribution in [0.5, 0.6) is 5.75 Å². The van der Waals surface area contributed by atoms with Crippen molar-refractivity contribution in [3.05, 3.63) is 71.2 Å². The fourth-order valence-electron chi connectivity index (χ4n) is 3.64. The summed E-state index contributed by atoms with van der Waals surface area (Å²) < 4.78 is 5.27. The fourth-order valence-corrected chi connectivity index (χ4v) is 3.82. The molecule has 0 radical (unpaired) electrons. The molecule has 0 saturated carbocycles. The summed E-state index contributed by atoms with van der Waals surface area (Å²) >= 11 is 6.09. The van der Waals surface area contributed by atoms with E-state index in [2.05, 4.69) is 28.4 Å². The second-order valence-corrected chi connectivity index (χ2v) is 7.60. The maximum atomic E-state index is 12.6. The van der Waals surface area contributed by atoms with Gasteiger partial charge in [0.05, 0.1) is 7.11 Å². The molecule has 5 nitrogen and oxygen atoms in total. The molecule has 0 aliphatic carbocycles. The van der Waals surface area contributed by atoms with Crippen molar-refractivity contribution < 1.29 is 9.53 Å². The van der Waals surface area contributed by atoms with Gasteiger partial charge in [0.2, 0.25) is 0 Å². The van der Waals surface area contributed by atoms with Gasteiger partial charge in [-0.1, -0.05) is 35.9 Å². The van der Waals surface area contributed by atoms with Crippen molar-refractivity contribution >= 4 is 34.1 Å². The van der Waals surface area contributed by atoms with Gasteiger partial charge in [0.25, 0.3) is 0 Å². The molecular weight excluding hydrogens is 386 g/mol. The second kappa shape index (κ2) is 8.62. The summed E-state index contributed by atoms with van der Waals surface area (Å²) in [4.78, 5) is 16.7. The molecule has 0 bridgehead atoms. The summed E-state index contributed by atoms with van der Waals surface area (Å²) in [5, 5.41) is 6.03. The van der Waals surface area contributed by atoms with Crippen LogP contribution < -0.4 is 15.0 Å². The molecule has 1 N–H and O–H groups in total. The van der Waals surface area contributed by atoms with E-state index in [0.717, 1.165) is 45.9 Å². The number of ether oxygens (including phenoxy) is 1. The number of hydrogen-bond acceptors (Lipinski definition) is 3. The van der Waals surface area contributed by atoms with E-state index in [0.29, 0.717) is 19.6 Å². The molecule has 0 atom stereocenters. The number of carbonyl (C=O) groups is 1. The van der Waals surface area contributed by atoms with Crippen LogP contribution in [-0.4, -0.2) is 44.2 Å². The number of halogens is 1. The molecule has 1 heterocycles. The Labute approximate surface area is 175 Å². The first-order valence-electron chi connectivity index (χ1n) is 9.72. The molecule has 150 valence electrons. The number of fused-ring (bicyclic) bond motifs is 1. The number of anilines is 1. The SMILES string of the molecule is COc1ccc2cc(CNC(=O)N3CCN(c4cccc(Cl)c4)CC3)ccc2c1. The van der Waals surface area contributed by atoms with Gasteiger partial charge in [-0.25, -0.2) is 4.79 Å².